The van der Waals surface area contributed by atoms with Gasteiger partial charge in [0.1, 0.15) is 22.7 Å². The number of likely N-dealkylation sites (tertiary alicyclic amines) is 1. The summed E-state index contributed by atoms with van der Waals surface area (Å²) in [5.74, 6) is 0.812. The van der Waals surface area contributed by atoms with Crippen molar-refractivity contribution in [1.29, 1.82) is 0 Å². The Morgan fingerprint density at radius 3 is 2.38 bits per heavy atom. The maximum absolute atomic E-state index is 13.5. The third-order valence-corrected chi connectivity index (χ3v) is 8.26. The van der Waals surface area contributed by atoms with Gasteiger partial charge in [-0.1, -0.05) is 65.8 Å². The van der Waals surface area contributed by atoms with Crippen molar-refractivity contribution in [3.63, 3.8) is 0 Å². The number of thiazole rings is 1. The Balaban J connectivity index is 1.11. The third-order valence-electron chi connectivity index (χ3n) is 7.25. The second-order valence-corrected chi connectivity index (χ2v) is 10.7. The predicted molar refractivity (Wildman–Crippen MR) is 153 cm³/mol. The Kier molecular flexibility index (Phi) is 7.00. The van der Waals surface area contributed by atoms with Gasteiger partial charge in [0.15, 0.2) is 5.82 Å². The molecule has 5 aromatic rings. The summed E-state index contributed by atoms with van der Waals surface area (Å²) in [6.07, 6.45) is 1.53. The van der Waals surface area contributed by atoms with E-state index in [1.165, 1.54) is 11.3 Å². The van der Waals surface area contributed by atoms with Crippen molar-refractivity contribution < 1.29 is 14.1 Å². The lowest BCUT2D eigenvalue weighted by molar-refractivity contribution is 0.0711. The number of hydrogen-bond donors (Lipinski definition) is 2. The van der Waals surface area contributed by atoms with Gasteiger partial charge in [0.25, 0.3) is 11.8 Å². The van der Waals surface area contributed by atoms with E-state index in [9.17, 15) is 9.59 Å². The first-order chi connectivity index (χ1) is 19.5. The molecule has 0 aliphatic carbocycles. The lowest BCUT2D eigenvalue weighted by Gasteiger charge is -2.31. The minimum atomic E-state index is -0.296. The summed E-state index contributed by atoms with van der Waals surface area (Å²) in [4.78, 5) is 33.1. The maximum Gasteiger partial charge on any atom is 0.276 e. The number of hydrogen-bond acceptors (Lipinski definition) is 7. The smallest absolute Gasteiger partial charge is 0.276 e. The molecular formula is C30H28N6O3S. The van der Waals surface area contributed by atoms with Crippen LogP contribution in [-0.4, -0.2) is 50.1 Å². The first-order valence-electron chi connectivity index (χ1n) is 13.2. The summed E-state index contributed by atoms with van der Waals surface area (Å²) in [6.45, 7) is 4.89. The fourth-order valence-electron chi connectivity index (χ4n) is 5.13. The number of nitrogens with one attached hydrogen (secondary N) is 2. The molecule has 6 rings (SSSR count). The number of amides is 2. The van der Waals surface area contributed by atoms with Crippen molar-refractivity contribution in [3.05, 3.63) is 93.8 Å². The normalized spacial score (nSPS) is 13.9. The summed E-state index contributed by atoms with van der Waals surface area (Å²) in [7, 11) is 0. The third kappa shape index (κ3) is 4.93. The number of nitrogens with zero attached hydrogens (tertiary/aromatic N) is 4. The Morgan fingerprint density at radius 1 is 1.00 bits per heavy atom. The molecule has 1 fully saturated rings. The molecule has 2 amide bonds. The number of anilines is 1. The first-order valence-corrected chi connectivity index (χ1v) is 14.1. The van der Waals surface area contributed by atoms with Crippen LogP contribution >= 0.6 is 11.3 Å². The molecule has 1 aliphatic heterocycles. The van der Waals surface area contributed by atoms with Crippen LogP contribution in [-0.2, 0) is 0 Å². The van der Waals surface area contributed by atoms with Gasteiger partial charge >= 0.3 is 0 Å². The van der Waals surface area contributed by atoms with Gasteiger partial charge in [0, 0.05) is 41.2 Å². The van der Waals surface area contributed by atoms with Gasteiger partial charge in [-0.2, -0.15) is 5.10 Å². The zero-order valence-corrected chi connectivity index (χ0v) is 23.0. The van der Waals surface area contributed by atoms with Crippen molar-refractivity contribution in [2.24, 2.45) is 0 Å². The second-order valence-electron chi connectivity index (χ2n) is 9.86. The summed E-state index contributed by atoms with van der Waals surface area (Å²) in [5, 5.41) is 17.0. The minimum Gasteiger partial charge on any atom is -0.360 e. The van der Waals surface area contributed by atoms with E-state index in [-0.39, 0.29) is 17.7 Å². The number of rotatable bonds is 6. The van der Waals surface area contributed by atoms with Crippen LogP contribution < -0.4 is 5.32 Å². The summed E-state index contributed by atoms with van der Waals surface area (Å²) < 4.78 is 5.40. The number of aromatic amines is 1. The molecular weight excluding hydrogens is 524 g/mol. The molecule has 0 unspecified atom stereocenters. The van der Waals surface area contributed by atoms with E-state index in [0.717, 1.165) is 40.2 Å². The fraction of sp³-hybridized carbons (Fsp3) is 0.233. The molecule has 0 saturated carbocycles. The van der Waals surface area contributed by atoms with Gasteiger partial charge in [-0.3, -0.25) is 14.7 Å². The molecule has 0 spiro atoms. The van der Waals surface area contributed by atoms with E-state index >= 15 is 0 Å². The molecule has 3 aromatic heterocycles. The molecule has 1 aliphatic rings. The topological polar surface area (TPSA) is 117 Å². The number of aryl methyl sites for hydroxylation is 2. The molecule has 9 nitrogen and oxygen atoms in total. The van der Waals surface area contributed by atoms with Gasteiger partial charge in [-0.15, -0.1) is 11.3 Å². The zero-order valence-electron chi connectivity index (χ0n) is 22.2. The second kappa shape index (κ2) is 10.9. The van der Waals surface area contributed by atoms with Crippen molar-refractivity contribution >= 4 is 29.0 Å². The van der Waals surface area contributed by atoms with Gasteiger partial charge in [0.05, 0.1) is 5.01 Å². The Hall–Kier alpha value is -4.57. The lowest BCUT2D eigenvalue weighted by Crippen LogP contribution is -2.38. The molecule has 0 atom stereocenters. The molecule has 2 aromatic carbocycles. The van der Waals surface area contributed by atoms with Crippen LogP contribution in [0.25, 0.3) is 22.4 Å². The van der Waals surface area contributed by atoms with E-state index < -0.39 is 0 Å². The predicted octanol–water partition coefficient (Wildman–Crippen LogP) is 6.08. The highest BCUT2D eigenvalue weighted by atomic mass is 32.1. The number of aromatic nitrogens is 4. The van der Waals surface area contributed by atoms with Crippen LogP contribution in [0.15, 0.2) is 70.6 Å². The van der Waals surface area contributed by atoms with Crippen LogP contribution in [0.4, 0.5) is 5.82 Å². The van der Waals surface area contributed by atoms with Crippen LogP contribution in [0.1, 0.15) is 56.1 Å². The standard InChI is InChI=1S/C30H28N6O3S/c1-18-24(20-9-5-3-6-10-20)27(34-33-18)32-28(37)23-17-40-29(31-23)22-13-15-36(16-14-22)30(38)25-19(2)39-35-26(25)21-11-7-4-8-12-21/h3-12,17,22H,13-16H2,1-2H3,(H2,32,33,34,37). The Bertz CT molecular complexity index is 1650. The first kappa shape index (κ1) is 25.7. The van der Waals surface area contributed by atoms with Gasteiger partial charge in [-0.25, -0.2) is 4.98 Å². The minimum absolute atomic E-state index is 0.0706. The SMILES string of the molecule is Cc1[nH]nc(NC(=O)c2csc(C3CCN(C(=O)c4c(-c5ccccc5)noc4C)CC3)n2)c1-c1ccccc1. The number of piperidine rings is 1. The van der Waals surface area contributed by atoms with Crippen LogP contribution in [0.2, 0.25) is 0 Å². The van der Waals surface area contributed by atoms with Crippen molar-refractivity contribution in [1.82, 2.24) is 25.2 Å². The Morgan fingerprint density at radius 2 is 1.68 bits per heavy atom. The summed E-state index contributed by atoms with van der Waals surface area (Å²) in [5.41, 5.74) is 5.02. The highest BCUT2D eigenvalue weighted by molar-refractivity contribution is 7.10. The number of carbonyl (C=O) groups excluding carboxylic acids is 2. The molecule has 0 radical (unpaired) electrons. The molecule has 202 valence electrons. The molecule has 0 bridgehead atoms. The number of benzene rings is 2. The zero-order chi connectivity index (χ0) is 27.6. The van der Waals surface area contributed by atoms with Gasteiger partial charge < -0.3 is 14.7 Å². The maximum atomic E-state index is 13.5. The summed E-state index contributed by atoms with van der Waals surface area (Å²) in [6, 6.07) is 19.4. The molecule has 1 saturated heterocycles. The quantitative estimate of drug-likeness (QED) is 0.264. The van der Waals surface area contributed by atoms with Crippen molar-refractivity contribution in [2.45, 2.75) is 32.6 Å². The van der Waals surface area contributed by atoms with E-state index in [4.69, 9.17) is 4.52 Å². The van der Waals surface area contributed by atoms with Crippen LogP contribution in [0.3, 0.4) is 0 Å². The number of H-pyrrole nitrogens is 1. The average molecular weight is 553 g/mol. The highest BCUT2D eigenvalue weighted by Gasteiger charge is 2.31. The van der Waals surface area contributed by atoms with Crippen LogP contribution in [0, 0.1) is 13.8 Å². The summed E-state index contributed by atoms with van der Waals surface area (Å²) >= 11 is 1.48. The molecule has 2 N–H and O–H groups in total. The van der Waals surface area contributed by atoms with Crippen molar-refractivity contribution in [3.8, 4) is 22.4 Å². The largest absolute Gasteiger partial charge is 0.360 e. The lowest BCUT2D eigenvalue weighted by atomic mass is 9.96. The molecule has 40 heavy (non-hydrogen) atoms. The van der Waals surface area contributed by atoms with Gasteiger partial charge in [0.2, 0.25) is 0 Å². The van der Waals surface area contributed by atoms with Crippen LogP contribution in [0.5, 0.6) is 0 Å². The number of carbonyl (C=O) groups is 2. The fourth-order valence-corrected chi connectivity index (χ4v) is 6.10. The monoisotopic (exact) mass is 552 g/mol. The Labute approximate surface area is 235 Å². The van der Waals surface area contributed by atoms with Gasteiger partial charge in [-0.05, 0) is 32.3 Å². The van der Waals surface area contributed by atoms with E-state index in [1.54, 1.807) is 12.3 Å². The van der Waals surface area contributed by atoms with E-state index in [0.29, 0.717) is 41.6 Å². The molecule has 4 heterocycles. The average Bonchev–Trinajstić information content (AvgIpc) is 3.72. The van der Waals surface area contributed by atoms with E-state index in [1.807, 2.05) is 72.5 Å². The van der Waals surface area contributed by atoms with E-state index in [2.05, 4.69) is 25.7 Å². The highest BCUT2D eigenvalue weighted by Crippen LogP contribution is 2.34. The van der Waals surface area contributed by atoms with Crippen molar-refractivity contribution in [2.75, 3.05) is 18.4 Å². The molecule has 10 heteroatoms.